The lowest BCUT2D eigenvalue weighted by molar-refractivity contribution is -0.117. The van der Waals surface area contributed by atoms with Crippen molar-refractivity contribution in [3.63, 3.8) is 0 Å². The largest absolute Gasteiger partial charge is 0.509 e. The summed E-state index contributed by atoms with van der Waals surface area (Å²) in [5.41, 5.74) is 0.691. The summed E-state index contributed by atoms with van der Waals surface area (Å²) in [4.78, 5) is 16.3. The lowest BCUT2D eigenvalue weighted by Gasteiger charge is -2.28. The molecule has 1 N–H and O–H groups in total. The van der Waals surface area contributed by atoms with E-state index in [9.17, 15) is 9.90 Å². The van der Waals surface area contributed by atoms with E-state index in [1.54, 1.807) is 0 Å². The molecular formula is C17H18N4O2S. The number of hydrogen-bond donors (Lipinski definition) is 1. The van der Waals surface area contributed by atoms with Gasteiger partial charge in [0.25, 0.3) is 0 Å². The number of benzene rings is 1. The molecule has 1 aliphatic rings. The highest BCUT2D eigenvalue weighted by molar-refractivity contribution is 7.09. The Morgan fingerprint density at radius 2 is 2.00 bits per heavy atom. The van der Waals surface area contributed by atoms with Crippen LogP contribution in [0.4, 0.5) is 5.13 Å². The van der Waals surface area contributed by atoms with Crippen LogP contribution in [0.15, 0.2) is 52.0 Å². The molecule has 0 spiro atoms. The molecule has 2 aromatic rings. The summed E-state index contributed by atoms with van der Waals surface area (Å²) in [6.45, 7) is 3.76. The zero-order valence-electron chi connectivity index (χ0n) is 13.6. The van der Waals surface area contributed by atoms with Crippen LogP contribution in [0, 0.1) is 5.41 Å². The van der Waals surface area contributed by atoms with Crippen molar-refractivity contribution < 1.29 is 9.90 Å². The number of carbonyl (C=O) groups is 1. The zero-order valence-corrected chi connectivity index (χ0v) is 14.4. The molecule has 0 saturated heterocycles. The molecule has 0 fully saturated rings. The molecule has 6 nitrogen and oxygen atoms in total. The van der Waals surface area contributed by atoms with Gasteiger partial charge in [0.05, 0.1) is 0 Å². The molecule has 1 aromatic heterocycles. The van der Waals surface area contributed by atoms with E-state index in [4.69, 9.17) is 0 Å². The van der Waals surface area contributed by atoms with E-state index in [0.717, 1.165) is 17.1 Å². The smallest absolute Gasteiger partial charge is 0.249 e. The van der Waals surface area contributed by atoms with Crippen LogP contribution in [-0.4, -0.2) is 20.2 Å². The van der Waals surface area contributed by atoms with E-state index in [1.165, 1.54) is 0 Å². The quantitative estimate of drug-likeness (QED) is 0.836. The molecule has 0 amide bonds. The molecule has 124 valence electrons. The highest BCUT2D eigenvalue weighted by atomic mass is 32.1. The minimum Gasteiger partial charge on any atom is -0.509 e. The number of Topliss-reactive ketones (excluding diaryl/α,β-unsaturated/α-hetero) is 1. The number of carbonyl (C=O) groups excluding carboxylic acids is 1. The van der Waals surface area contributed by atoms with Crippen molar-refractivity contribution in [3.05, 3.63) is 53.2 Å². The Hall–Kier alpha value is -2.41. The number of nitrogens with zero attached hydrogens (tertiary/aromatic N) is 4. The van der Waals surface area contributed by atoms with E-state index in [-0.39, 0.29) is 17.2 Å². The number of aromatic nitrogens is 2. The highest BCUT2D eigenvalue weighted by Gasteiger charge is 2.34. The van der Waals surface area contributed by atoms with Crippen LogP contribution in [0.2, 0.25) is 0 Å². The second kappa shape index (κ2) is 6.60. The molecular weight excluding hydrogens is 324 g/mol. The Kier molecular flexibility index (Phi) is 4.53. The second-order valence-corrected chi connectivity index (χ2v) is 7.09. The molecule has 1 heterocycles. The number of hydrogen-bond acceptors (Lipinski definition) is 7. The molecule has 0 bridgehead atoms. The predicted molar refractivity (Wildman–Crippen MR) is 91.3 cm³/mol. The number of aliphatic hydroxyl groups excluding tert-OH is 1. The van der Waals surface area contributed by atoms with Crippen molar-refractivity contribution in [2.24, 2.45) is 15.6 Å². The zero-order chi connectivity index (χ0) is 17.2. The van der Waals surface area contributed by atoms with Gasteiger partial charge in [-0.2, -0.15) is 9.36 Å². The van der Waals surface area contributed by atoms with Crippen LogP contribution in [-0.2, 0) is 11.2 Å². The minimum absolute atomic E-state index is 0.00322. The molecule has 7 heteroatoms. The van der Waals surface area contributed by atoms with Crippen LogP contribution in [0.1, 0.15) is 38.1 Å². The SMILES string of the molecule is CC1(C)CCC(=O)C(N=Nc2nc(Cc3ccccc3)ns2)=C1O. The number of ketones is 1. The summed E-state index contributed by atoms with van der Waals surface area (Å²) in [5.74, 6) is 0.467. The molecule has 3 rings (SSSR count). The topological polar surface area (TPSA) is 87.8 Å². The van der Waals surface area contributed by atoms with Crippen molar-refractivity contribution in [1.82, 2.24) is 9.36 Å². The number of allylic oxidation sites excluding steroid dienone is 2. The van der Waals surface area contributed by atoms with Crippen LogP contribution in [0.25, 0.3) is 0 Å². The van der Waals surface area contributed by atoms with E-state index in [2.05, 4.69) is 19.6 Å². The summed E-state index contributed by atoms with van der Waals surface area (Å²) in [6, 6.07) is 9.91. The van der Waals surface area contributed by atoms with Crippen LogP contribution in [0.5, 0.6) is 0 Å². The lowest BCUT2D eigenvalue weighted by atomic mass is 9.79. The number of aliphatic hydroxyl groups is 1. The molecule has 0 unspecified atom stereocenters. The van der Waals surface area contributed by atoms with Crippen LogP contribution in [0.3, 0.4) is 0 Å². The van der Waals surface area contributed by atoms with Gasteiger partial charge in [0.15, 0.2) is 11.5 Å². The summed E-state index contributed by atoms with van der Waals surface area (Å²) >= 11 is 1.12. The van der Waals surface area contributed by atoms with Crippen molar-refractivity contribution >= 4 is 22.4 Å². The fourth-order valence-electron chi connectivity index (χ4n) is 2.45. The van der Waals surface area contributed by atoms with Gasteiger partial charge in [-0.3, -0.25) is 4.79 Å². The third-order valence-corrected chi connectivity index (χ3v) is 4.64. The third-order valence-electron chi connectivity index (χ3n) is 4.00. The molecule has 0 radical (unpaired) electrons. The Morgan fingerprint density at radius 3 is 2.75 bits per heavy atom. The van der Waals surface area contributed by atoms with Crippen molar-refractivity contribution in [1.29, 1.82) is 0 Å². The van der Waals surface area contributed by atoms with Gasteiger partial charge < -0.3 is 5.11 Å². The van der Waals surface area contributed by atoms with Crippen LogP contribution < -0.4 is 0 Å². The van der Waals surface area contributed by atoms with Gasteiger partial charge in [-0.25, -0.2) is 0 Å². The summed E-state index contributed by atoms with van der Waals surface area (Å²) in [7, 11) is 0. The van der Waals surface area contributed by atoms with Gasteiger partial charge in [0.2, 0.25) is 5.13 Å². The number of rotatable bonds is 4. The Morgan fingerprint density at radius 1 is 1.25 bits per heavy atom. The predicted octanol–water partition coefficient (Wildman–Crippen LogP) is 4.37. The molecule has 0 atom stereocenters. The average molecular weight is 342 g/mol. The standard InChI is InChI=1S/C17H18N4O2S/c1-17(2)9-8-12(22)14(15(17)23)19-20-16-18-13(21-24-16)10-11-6-4-3-5-7-11/h3-7,23H,8-10H2,1-2H3. The summed E-state index contributed by atoms with van der Waals surface area (Å²) in [6.07, 6.45) is 1.59. The Labute approximate surface area is 144 Å². The van der Waals surface area contributed by atoms with Gasteiger partial charge >= 0.3 is 0 Å². The first kappa shape index (κ1) is 16.4. The molecule has 0 aliphatic heterocycles. The summed E-state index contributed by atoms with van der Waals surface area (Å²) in [5, 5.41) is 18.5. The third kappa shape index (κ3) is 3.56. The van der Waals surface area contributed by atoms with E-state index in [0.29, 0.717) is 30.2 Å². The van der Waals surface area contributed by atoms with Gasteiger partial charge in [0.1, 0.15) is 11.6 Å². The fourth-order valence-corrected chi connectivity index (χ4v) is 2.96. The first-order chi connectivity index (χ1) is 11.5. The van der Waals surface area contributed by atoms with Crippen molar-refractivity contribution in [2.75, 3.05) is 0 Å². The highest BCUT2D eigenvalue weighted by Crippen LogP contribution is 2.37. The normalized spacial score (nSPS) is 17.7. The maximum Gasteiger partial charge on any atom is 0.249 e. The van der Waals surface area contributed by atoms with Crippen molar-refractivity contribution in [3.8, 4) is 0 Å². The fraction of sp³-hybridized carbons (Fsp3) is 0.353. The molecule has 0 saturated carbocycles. The minimum atomic E-state index is -0.456. The molecule has 1 aliphatic carbocycles. The molecule has 24 heavy (non-hydrogen) atoms. The Balaban J connectivity index is 1.77. The van der Waals surface area contributed by atoms with Gasteiger partial charge in [0, 0.05) is 29.8 Å². The molecule has 1 aromatic carbocycles. The van der Waals surface area contributed by atoms with Gasteiger partial charge in [-0.1, -0.05) is 44.2 Å². The maximum atomic E-state index is 12.0. The van der Waals surface area contributed by atoms with E-state index >= 15 is 0 Å². The second-order valence-electron chi connectivity index (χ2n) is 6.36. The Bertz CT molecular complexity index is 809. The van der Waals surface area contributed by atoms with Gasteiger partial charge in [-0.15, -0.1) is 10.2 Å². The monoisotopic (exact) mass is 342 g/mol. The average Bonchev–Trinajstić information content (AvgIpc) is 3.00. The van der Waals surface area contributed by atoms with E-state index in [1.807, 2.05) is 44.2 Å². The van der Waals surface area contributed by atoms with Crippen LogP contribution >= 0.6 is 11.5 Å². The van der Waals surface area contributed by atoms with E-state index < -0.39 is 5.41 Å². The summed E-state index contributed by atoms with van der Waals surface area (Å²) < 4.78 is 4.26. The number of azo groups is 1. The maximum absolute atomic E-state index is 12.0. The lowest BCUT2D eigenvalue weighted by Crippen LogP contribution is -2.25. The first-order valence-corrected chi connectivity index (χ1v) is 8.48. The first-order valence-electron chi connectivity index (χ1n) is 7.71. The van der Waals surface area contributed by atoms with Crippen molar-refractivity contribution in [2.45, 2.75) is 33.1 Å². The van der Waals surface area contributed by atoms with Gasteiger partial charge in [-0.05, 0) is 12.0 Å².